The van der Waals surface area contributed by atoms with Crippen molar-refractivity contribution in [1.29, 1.82) is 0 Å². The summed E-state index contributed by atoms with van der Waals surface area (Å²) in [7, 11) is 0. The highest BCUT2D eigenvalue weighted by molar-refractivity contribution is 14.1. The number of carbonyl (C=O) groups excluding carboxylic acids is 4. The number of anilines is 1. The minimum atomic E-state index is -1.01. The number of nitrogens with one attached hydrogen (secondary N) is 2. The fourth-order valence-corrected chi connectivity index (χ4v) is 5.75. The van der Waals surface area contributed by atoms with Gasteiger partial charge in [-0.3, -0.25) is 29.4 Å². The molecule has 4 amide bonds. The van der Waals surface area contributed by atoms with Crippen LogP contribution in [0.1, 0.15) is 59.2 Å². The Morgan fingerprint density at radius 3 is 1.63 bits per heavy atom. The van der Waals surface area contributed by atoms with Gasteiger partial charge in [-0.25, -0.2) is 0 Å². The summed E-state index contributed by atoms with van der Waals surface area (Å²) < 4.78 is 45.4. The number of carbonyl (C=O) groups is 4. The molecule has 0 spiro atoms. The Labute approximate surface area is 314 Å². The van der Waals surface area contributed by atoms with E-state index in [4.69, 9.17) is 37.9 Å². The zero-order chi connectivity index (χ0) is 36.4. The number of imide groups is 2. The second-order valence-electron chi connectivity index (χ2n) is 11.6. The van der Waals surface area contributed by atoms with Crippen molar-refractivity contribution in [3.63, 3.8) is 0 Å². The number of hydrogen-bond donors (Lipinski definition) is 2. The highest BCUT2D eigenvalue weighted by atomic mass is 127. The maximum Gasteiger partial charge on any atom is 0.264 e. The average Bonchev–Trinajstić information content (AvgIpc) is 3.38. The molecule has 51 heavy (non-hydrogen) atoms. The summed E-state index contributed by atoms with van der Waals surface area (Å²) in [6.07, 6.45) is 5.10. The van der Waals surface area contributed by atoms with Gasteiger partial charge >= 0.3 is 0 Å². The van der Waals surface area contributed by atoms with E-state index in [1.54, 1.807) is 18.2 Å². The standard InChI is InChI=1S/C35H54IN3O12/c36-10-3-1-2-4-12-44-14-16-46-18-20-48-22-24-50-26-27-51-25-23-49-21-19-47-17-15-45-13-11-37-29-7-5-6-28-32(29)35(43)39(34(28)42)30-8-9-31(40)38-33(30)41/h5-7,30,37H,1-4,8-27H2,(H,38,40,41). The SMILES string of the molecule is O=C1CCC(N2C(=O)c3cccc(NCCOCCOCCOCCOCCOCCOCCOCCOCCCCCCI)c3C2=O)C(=O)N1. The zero-order valence-electron chi connectivity index (χ0n) is 29.5. The lowest BCUT2D eigenvalue weighted by Crippen LogP contribution is -2.54. The van der Waals surface area contributed by atoms with E-state index in [1.165, 1.54) is 23.7 Å². The van der Waals surface area contributed by atoms with Crippen molar-refractivity contribution in [3.05, 3.63) is 29.3 Å². The summed E-state index contributed by atoms with van der Waals surface area (Å²) in [4.78, 5) is 50.8. The average molecular weight is 836 g/mol. The molecule has 16 heteroatoms. The third-order valence-corrected chi connectivity index (χ3v) is 8.57. The number of fused-ring (bicyclic) bond motifs is 1. The van der Waals surface area contributed by atoms with Gasteiger partial charge < -0.3 is 43.2 Å². The van der Waals surface area contributed by atoms with E-state index in [9.17, 15) is 19.2 Å². The van der Waals surface area contributed by atoms with Crippen LogP contribution in [0.4, 0.5) is 5.69 Å². The van der Waals surface area contributed by atoms with Gasteiger partial charge in [0.1, 0.15) is 6.04 Å². The molecule has 288 valence electrons. The molecule has 15 nitrogen and oxygen atoms in total. The molecular formula is C35H54IN3O12. The predicted molar refractivity (Wildman–Crippen MR) is 196 cm³/mol. The fraction of sp³-hybridized carbons (Fsp3) is 0.714. The summed E-state index contributed by atoms with van der Waals surface area (Å²) in [6.45, 7) is 8.40. The summed E-state index contributed by atoms with van der Waals surface area (Å²) in [5.41, 5.74) is 0.922. The minimum Gasteiger partial charge on any atom is -0.382 e. The first kappa shape index (κ1) is 43.1. The number of halogens is 1. The molecule has 2 N–H and O–H groups in total. The van der Waals surface area contributed by atoms with E-state index >= 15 is 0 Å². The number of amides is 4. The molecule has 1 aromatic carbocycles. The predicted octanol–water partition coefficient (Wildman–Crippen LogP) is 2.63. The van der Waals surface area contributed by atoms with E-state index in [1.807, 2.05) is 0 Å². The van der Waals surface area contributed by atoms with Gasteiger partial charge in [0.2, 0.25) is 11.8 Å². The maximum absolute atomic E-state index is 13.1. The Balaban J connectivity index is 1.05. The van der Waals surface area contributed by atoms with Crippen LogP contribution in [-0.4, -0.2) is 151 Å². The maximum atomic E-state index is 13.1. The second-order valence-corrected chi connectivity index (χ2v) is 12.7. The number of hydrogen-bond acceptors (Lipinski definition) is 13. The number of ether oxygens (including phenoxy) is 8. The van der Waals surface area contributed by atoms with Crippen molar-refractivity contribution in [1.82, 2.24) is 10.2 Å². The molecular weight excluding hydrogens is 781 g/mol. The molecule has 0 aromatic heterocycles. The first-order valence-electron chi connectivity index (χ1n) is 17.8. The number of unbranched alkanes of at least 4 members (excludes halogenated alkanes) is 3. The van der Waals surface area contributed by atoms with Gasteiger partial charge in [-0.1, -0.05) is 41.5 Å². The van der Waals surface area contributed by atoms with Crippen LogP contribution in [0.15, 0.2) is 18.2 Å². The van der Waals surface area contributed by atoms with Crippen LogP contribution < -0.4 is 10.6 Å². The molecule has 2 heterocycles. The number of nitrogens with zero attached hydrogens (tertiary/aromatic N) is 1. The normalized spacial score (nSPS) is 15.9. The van der Waals surface area contributed by atoms with E-state index in [-0.39, 0.29) is 24.0 Å². The molecule has 2 aliphatic rings. The highest BCUT2D eigenvalue weighted by Gasteiger charge is 2.45. The third-order valence-electron chi connectivity index (χ3n) is 7.81. The molecule has 0 bridgehead atoms. The molecule has 2 aliphatic heterocycles. The van der Waals surface area contributed by atoms with E-state index in [2.05, 4.69) is 33.2 Å². The van der Waals surface area contributed by atoms with Crippen LogP contribution in [0.5, 0.6) is 0 Å². The molecule has 1 fully saturated rings. The topological polar surface area (TPSA) is 169 Å². The lowest BCUT2D eigenvalue weighted by atomic mass is 10.0. The van der Waals surface area contributed by atoms with Gasteiger partial charge in [-0.15, -0.1) is 0 Å². The second kappa shape index (κ2) is 27.3. The first-order chi connectivity index (χ1) is 25.0. The number of piperidine rings is 1. The molecule has 1 atom stereocenters. The lowest BCUT2D eigenvalue weighted by Gasteiger charge is -2.27. The van der Waals surface area contributed by atoms with Gasteiger partial charge in [0.15, 0.2) is 0 Å². The molecule has 0 radical (unpaired) electrons. The van der Waals surface area contributed by atoms with Crippen molar-refractivity contribution in [2.45, 2.75) is 44.6 Å². The third kappa shape index (κ3) is 16.9. The molecule has 1 saturated heterocycles. The molecule has 1 unspecified atom stereocenters. The number of rotatable bonds is 32. The van der Waals surface area contributed by atoms with Crippen LogP contribution in [-0.2, 0) is 47.5 Å². The monoisotopic (exact) mass is 835 g/mol. The Kier molecular flexibility index (Phi) is 23.1. The van der Waals surface area contributed by atoms with Gasteiger partial charge in [-0.05, 0) is 35.8 Å². The smallest absolute Gasteiger partial charge is 0.264 e. The Hall–Kier alpha value is -2.29. The largest absolute Gasteiger partial charge is 0.382 e. The summed E-state index contributed by atoms with van der Waals surface area (Å²) >= 11 is 2.41. The van der Waals surface area contributed by atoms with E-state index in [0.29, 0.717) is 111 Å². The number of benzene rings is 1. The van der Waals surface area contributed by atoms with Crippen LogP contribution in [0, 0.1) is 0 Å². The fourth-order valence-electron chi connectivity index (χ4n) is 5.21. The van der Waals surface area contributed by atoms with Gasteiger partial charge in [0.05, 0.1) is 110 Å². The van der Waals surface area contributed by atoms with E-state index < -0.39 is 29.7 Å². The van der Waals surface area contributed by atoms with Crippen LogP contribution >= 0.6 is 22.6 Å². The lowest BCUT2D eigenvalue weighted by molar-refractivity contribution is -0.136. The minimum absolute atomic E-state index is 0.0698. The first-order valence-corrected chi connectivity index (χ1v) is 19.3. The van der Waals surface area contributed by atoms with Crippen molar-refractivity contribution in [2.75, 3.05) is 122 Å². The van der Waals surface area contributed by atoms with Crippen molar-refractivity contribution in [2.24, 2.45) is 0 Å². The van der Waals surface area contributed by atoms with Gasteiger partial charge in [0, 0.05) is 25.3 Å². The number of alkyl halides is 1. The summed E-state index contributed by atoms with van der Waals surface area (Å²) in [5, 5.41) is 5.33. The summed E-state index contributed by atoms with van der Waals surface area (Å²) in [6, 6.07) is 3.92. The molecule has 0 saturated carbocycles. The van der Waals surface area contributed by atoms with Crippen molar-refractivity contribution >= 4 is 51.9 Å². The Morgan fingerprint density at radius 1 is 0.627 bits per heavy atom. The van der Waals surface area contributed by atoms with E-state index in [0.717, 1.165) is 17.9 Å². The van der Waals surface area contributed by atoms with Gasteiger partial charge in [0.25, 0.3) is 11.8 Å². The summed E-state index contributed by atoms with van der Waals surface area (Å²) in [5.74, 6) is -2.15. The van der Waals surface area contributed by atoms with Crippen LogP contribution in [0.25, 0.3) is 0 Å². The van der Waals surface area contributed by atoms with Crippen LogP contribution in [0.2, 0.25) is 0 Å². The Morgan fingerprint density at radius 2 is 1.12 bits per heavy atom. The van der Waals surface area contributed by atoms with Crippen molar-refractivity contribution in [3.8, 4) is 0 Å². The van der Waals surface area contributed by atoms with Gasteiger partial charge in [-0.2, -0.15) is 0 Å². The van der Waals surface area contributed by atoms with Crippen LogP contribution in [0.3, 0.4) is 0 Å². The molecule has 1 aromatic rings. The Bertz CT molecular complexity index is 1180. The molecule has 3 rings (SSSR count). The molecule has 0 aliphatic carbocycles. The highest BCUT2D eigenvalue weighted by Crippen LogP contribution is 2.32. The quantitative estimate of drug-likeness (QED) is 0.0471. The van der Waals surface area contributed by atoms with Crippen molar-refractivity contribution < 1.29 is 57.1 Å². The zero-order valence-corrected chi connectivity index (χ0v) is 31.7.